The second-order valence-electron chi connectivity index (χ2n) is 5.07. The van der Waals surface area contributed by atoms with Gasteiger partial charge >= 0.3 is 0 Å². The number of thiophene rings is 1. The predicted molar refractivity (Wildman–Crippen MR) is 81.4 cm³/mol. The van der Waals surface area contributed by atoms with Crippen molar-refractivity contribution >= 4 is 27.3 Å². The summed E-state index contributed by atoms with van der Waals surface area (Å²) in [5, 5.41) is 5.64. The highest BCUT2D eigenvalue weighted by Gasteiger charge is 2.39. The zero-order valence-electron chi connectivity index (χ0n) is 11.2. The third-order valence-corrected chi connectivity index (χ3v) is 6.12. The summed E-state index contributed by atoms with van der Waals surface area (Å²) in [5.74, 6) is 0. The van der Waals surface area contributed by atoms with Crippen LogP contribution in [0.25, 0.3) is 0 Å². The predicted octanol–water partition coefficient (Wildman–Crippen LogP) is 3.99. The zero-order valence-corrected chi connectivity index (χ0v) is 13.6. The molecule has 0 saturated heterocycles. The van der Waals surface area contributed by atoms with Gasteiger partial charge in [-0.2, -0.15) is 0 Å². The van der Waals surface area contributed by atoms with Gasteiger partial charge in [0.1, 0.15) is 0 Å². The summed E-state index contributed by atoms with van der Waals surface area (Å²) in [6.07, 6.45) is 7.33. The summed E-state index contributed by atoms with van der Waals surface area (Å²) in [7, 11) is 3.93. The molecule has 0 amide bonds. The molecular weight excluding hydrogens is 310 g/mol. The number of hydrogen-bond donors (Lipinski definition) is 1. The molecule has 2 nitrogen and oxygen atoms in total. The third-order valence-electron chi connectivity index (χ3n) is 4.17. The topological polar surface area (TPSA) is 21.3 Å². The molecule has 0 aliphatic heterocycles. The number of hydrogen-bond acceptors (Lipinski definition) is 3. The second-order valence-corrected chi connectivity index (χ2v) is 6.92. The van der Waals surface area contributed by atoms with Crippen molar-refractivity contribution in [3.63, 3.8) is 0 Å². The molecule has 18 heavy (non-hydrogen) atoms. The smallest absolute Gasteiger partial charge is 0.0834 e. The van der Waals surface area contributed by atoms with Crippen LogP contribution in [0.1, 0.15) is 37.0 Å². The van der Waals surface area contributed by atoms with Gasteiger partial charge in [-0.3, -0.25) is 0 Å². The molecule has 1 aromatic heterocycles. The molecule has 4 heteroatoms. The first-order valence-electron chi connectivity index (χ1n) is 6.66. The van der Waals surface area contributed by atoms with Crippen molar-refractivity contribution < 1.29 is 4.74 Å². The summed E-state index contributed by atoms with van der Waals surface area (Å²) < 4.78 is 7.18. The lowest BCUT2D eigenvalue weighted by Gasteiger charge is -2.42. The van der Waals surface area contributed by atoms with Crippen molar-refractivity contribution in [2.24, 2.45) is 0 Å². The van der Waals surface area contributed by atoms with E-state index in [0.29, 0.717) is 6.04 Å². The Kier molecular flexibility index (Phi) is 5.24. The lowest BCUT2D eigenvalue weighted by Crippen LogP contribution is -2.53. The van der Waals surface area contributed by atoms with Crippen molar-refractivity contribution in [2.75, 3.05) is 14.2 Å². The van der Waals surface area contributed by atoms with Crippen molar-refractivity contribution in [3.05, 3.63) is 20.8 Å². The van der Waals surface area contributed by atoms with Crippen LogP contribution in [-0.4, -0.2) is 25.8 Å². The minimum atomic E-state index is 0.0242. The third kappa shape index (κ3) is 2.98. The lowest BCUT2D eigenvalue weighted by molar-refractivity contribution is -0.0655. The molecular formula is C14H22BrNOS. The average molecular weight is 332 g/mol. The number of halogens is 1. The van der Waals surface area contributed by atoms with Crippen LogP contribution >= 0.6 is 27.3 Å². The highest BCUT2D eigenvalue weighted by atomic mass is 79.9. The first-order valence-corrected chi connectivity index (χ1v) is 8.33. The fourth-order valence-electron chi connectivity index (χ4n) is 3.05. The van der Waals surface area contributed by atoms with Crippen LogP contribution in [0.15, 0.2) is 15.9 Å². The molecule has 1 atom stereocenters. The summed E-state index contributed by atoms with van der Waals surface area (Å²) in [6.45, 7) is 0. The van der Waals surface area contributed by atoms with E-state index < -0.39 is 0 Å². The van der Waals surface area contributed by atoms with Gasteiger partial charge in [0, 0.05) is 28.9 Å². The molecule has 1 aliphatic rings. The molecule has 2 rings (SSSR count). The van der Waals surface area contributed by atoms with Gasteiger partial charge in [-0.15, -0.1) is 11.3 Å². The first kappa shape index (κ1) is 14.5. The summed E-state index contributed by atoms with van der Waals surface area (Å²) in [6, 6.07) is 2.53. The van der Waals surface area contributed by atoms with E-state index >= 15 is 0 Å². The summed E-state index contributed by atoms with van der Waals surface area (Å²) in [5.41, 5.74) is 0.0242. The van der Waals surface area contributed by atoms with E-state index in [4.69, 9.17) is 4.74 Å². The van der Waals surface area contributed by atoms with E-state index in [2.05, 4.69) is 39.7 Å². The Bertz CT molecular complexity index is 374. The molecule has 0 bridgehead atoms. The van der Waals surface area contributed by atoms with Gasteiger partial charge in [-0.1, -0.05) is 19.3 Å². The molecule has 1 fully saturated rings. The fourth-order valence-corrected chi connectivity index (χ4v) is 4.61. The normalized spacial score (nSPS) is 20.8. The van der Waals surface area contributed by atoms with Crippen LogP contribution in [0.2, 0.25) is 0 Å². The monoisotopic (exact) mass is 331 g/mol. The molecule has 1 aromatic rings. The van der Waals surface area contributed by atoms with Crippen LogP contribution in [0.3, 0.4) is 0 Å². The van der Waals surface area contributed by atoms with E-state index in [1.54, 1.807) is 0 Å². The second kappa shape index (κ2) is 6.51. The zero-order chi connectivity index (χ0) is 13.0. The number of nitrogens with one attached hydrogen (secondary N) is 1. The van der Waals surface area contributed by atoms with Gasteiger partial charge in [0.25, 0.3) is 0 Å². The summed E-state index contributed by atoms with van der Waals surface area (Å²) >= 11 is 5.45. The molecule has 1 heterocycles. The van der Waals surface area contributed by atoms with Crippen LogP contribution < -0.4 is 5.32 Å². The SMILES string of the molecule is CNC(Cc1sccc1Br)C1(OC)CCCCC1. The van der Waals surface area contributed by atoms with Crippen molar-refractivity contribution in [1.82, 2.24) is 5.32 Å². The van der Waals surface area contributed by atoms with Crippen molar-refractivity contribution in [3.8, 4) is 0 Å². The van der Waals surface area contributed by atoms with Crippen LogP contribution in [0.4, 0.5) is 0 Å². The number of likely N-dealkylation sites (N-methyl/N-ethyl adjacent to an activating group) is 1. The molecule has 1 aliphatic carbocycles. The highest BCUT2D eigenvalue weighted by Crippen LogP contribution is 2.36. The van der Waals surface area contributed by atoms with Gasteiger partial charge < -0.3 is 10.1 Å². The summed E-state index contributed by atoms with van der Waals surface area (Å²) in [4.78, 5) is 1.41. The molecule has 1 saturated carbocycles. The Hall–Kier alpha value is 0.1000. The maximum atomic E-state index is 5.95. The average Bonchev–Trinajstić information content (AvgIpc) is 2.82. The van der Waals surface area contributed by atoms with Gasteiger partial charge in [0.15, 0.2) is 0 Å². The first-order chi connectivity index (χ1) is 8.72. The van der Waals surface area contributed by atoms with Crippen molar-refractivity contribution in [2.45, 2.75) is 50.2 Å². The van der Waals surface area contributed by atoms with Crippen LogP contribution in [0, 0.1) is 0 Å². The molecule has 0 aromatic carbocycles. The Labute approximate surface area is 122 Å². The van der Waals surface area contributed by atoms with Crippen LogP contribution in [-0.2, 0) is 11.2 Å². The number of methoxy groups -OCH3 is 1. The molecule has 0 radical (unpaired) electrons. The maximum absolute atomic E-state index is 5.95. The van der Waals surface area contributed by atoms with Gasteiger partial charge in [-0.25, -0.2) is 0 Å². The highest BCUT2D eigenvalue weighted by molar-refractivity contribution is 9.10. The Morgan fingerprint density at radius 1 is 1.44 bits per heavy atom. The van der Waals surface area contributed by atoms with Gasteiger partial charge in [0.05, 0.1) is 5.60 Å². The maximum Gasteiger partial charge on any atom is 0.0834 e. The number of ether oxygens (including phenoxy) is 1. The van der Waals surface area contributed by atoms with E-state index in [1.807, 2.05) is 18.4 Å². The standard InChI is InChI=1S/C14H22BrNOS/c1-16-13(10-12-11(15)6-9-18-12)14(17-2)7-4-3-5-8-14/h6,9,13,16H,3-5,7-8,10H2,1-2H3. The minimum absolute atomic E-state index is 0.0242. The van der Waals surface area contributed by atoms with E-state index in [-0.39, 0.29) is 5.60 Å². The Morgan fingerprint density at radius 3 is 2.67 bits per heavy atom. The Morgan fingerprint density at radius 2 is 2.17 bits per heavy atom. The molecule has 102 valence electrons. The van der Waals surface area contributed by atoms with Crippen LogP contribution in [0.5, 0.6) is 0 Å². The quantitative estimate of drug-likeness (QED) is 0.880. The fraction of sp³-hybridized carbons (Fsp3) is 0.714. The molecule has 1 unspecified atom stereocenters. The lowest BCUT2D eigenvalue weighted by atomic mass is 9.78. The largest absolute Gasteiger partial charge is 0.377 e. The van der Waals surface area contributed by atoms with Gasteiger partial charge in [0.2, 0.25) is 0 Å². The van der Waals surface area contributed by atoms with Gasteiger partial charge in [-0.05, 0) is 47.3 Å². The number of rotatable bonds is 5. The Balaban J connectivity index is 2.13. The van der Waals surface area contributed by atoms with E-state index in [0.717, 1.165) is 6.42 Å². The molecule has 1 N–H and O–H groups in total. The molecule has 0 spiro atoms. The minimum Gasteiger partial charge on any atom is -0.377 e. The van der Waals surface area contributed by atoms with E-state index in [9.17, 15) is 0 Å². The van der Waals surface area contributed by atoms with E-state index in [1.165, 1.54) is 41.5 Å². The van der Waals surface area contributed by atoms with Crippen molar-refractivity contribution in [1.29, 1.82) is 0 Å².